The van der Waals surface area contributed by atoms with E-state index in [0.29, 0.717) is 11.3 Å². The normalized spacial score (nSPS) is 11.3. The smallest absolute Gasteiger partial charge is 0.332 e. The number of hydrogen-bond donors (Lipinski definition) is 2. The first-order valence-electron chi connectivity index (χ1n) is 4.06. The Balaban J connectivity index is 2.91. The van der Waals surface area contributed by atoms with E-state index in [0.717, 1.165) is 12.1 Å². The van der Waals surface area contributed by atoms with Crippen LogP contribution in [0.4, 0.5) is 13.6 Å². The highest BCUT2D eigenvalue weighted by atomic mass is 19.2. The van der Waals surface area contributed by atoms with Crippen molar-refractivity contribution in [2.45, 2.75) is 6.92 Å². The van der Waals surface area contributed by atoms with Gasteiger partial charge in [0.2, 0.25) is 0 Å². The first-order chi connectivity index (χ1) is 7.00. The van der Waals surface area contributed by atoms with Gasteiger partial charge in [-0.1, -0.05) is 0 Å². The summed E-state index contributed by atoms with van der Waals surface area (Å²) in [4.78, 5) is 10.3. The molecule has 15 heavy (non-hydrogen) atoms. The third-order valence-corrected chi connectivity index (χ3v) is 1.67. The molecule has 0 aliphatic rings. The van der Waals surface area contributed by atoms with Crippen LogP contribution in [-0.4, -0.2) is 11.7 Å². The van der Waals surface area contributed by atoms with E-state index in [1.165, 1.54) is 13.0 Å². The lowest BCUT2D eigenvalue weighted by Gasteiger charge is -2.01. The minimum atomic E-state index is -0.971. The van der Waals surface area contributed by atoms with Crippen molar-refractivity contribution >= 4 is 11.7 Å². The lowest BCUT2D eigenvalue weighted by Crippen LogP contribution is -2.25. The van der Waals surface area contributed by atoms with Gasteiger partial charge in [-0.05, 0) is 25.1 Å². The van der Waals surface area contributed by atoms with Crippen LogP contribution in [0.1, 0.15) is 12.5 Å². The van der Waals surface area contributed by atoms with Crippen LogP contribution in [0, 0.1) is 11.6 Å². The third-order valence-electron chi connectivity index (χ3n) is 1.67. The number of urea groups is 1. The molecule has 0 aromatic heterocycles. The molecule has 0 fully saturated rings. The molecule has 0 radical (unpaired) electrons. The number of carbonyl (C=O) groups excluding carboxylic acids is 1. The fourth-order valence-corrected chi connectivity index (χ4v) is 0.925. The number of carbonyl (C=O) groups is 1. The number of benzene rings is 1. The Morgan fingerprint density at radius 1 is 1.40 bits per heavy atom. The van der Waals surface area contributed by atoms with Crippen molar-refractivity contribution in [3.63, 3.8) is 0 Å². The zero-order valence-electron chi connectivity index (χ0n) is 7.92. The Morgan fingerprint density at radius 3 is 2.60 bits per heavy atom. The summed E-state index contributed by atoms with van der Waals surface area (Å²) in [7, 11) is 0. The lowest BCUT2D eigenvalue weighted by atomic mass is 10.1. The van der Waals surface area contributed by atoms with E-state index in [4.69, 9.17) is 5.73 Å². The van der Waals surface area contributed by atoms with Crippen LogP contribution in [0.3, 0.4) is 0 Å². The number of nitrogens with zero attached hydrogens (tertiary/aromatic N) is 1. The Labute approximate surface area is 84.8 Å². The molecule has 1 aromatic rings. The summed E-state index contributed by atoms with van der Waals surface area (Å²) in [5, 5.41) is 3.57. The average Bonchev–Trinajstić information content (AvgIpc) is 2.18. The minimum absolute atomic E-state index is 0.327. The number of amides is 2. The number of hydrogen-bond acceptors (Lipinski definition) is 2. The van der Waals surface area contributed by atoms with Crippen molar-refractivity contribution in [3.8, 4) is 0 Å². The monoisotopic (exact) mass is 213 g/mol. The number of nitrogens with two attached hydrogens (primary N) is 1. The quantitative estimate of drug-likeness (QED) is 0.565. The van der Waals surface area contributed by atoms with Gasteiger partial charge in [0.15, 0.2) is 11.6 Å². The number of rotatable bonds is 2. The van der Waals surface area contributed by atoms with Gasteiger partial charge in [0, 0.05) is 5.56 Å². The van der Waals surface area contributed by atoms with Gasteiger partial charge in [0.05, 0.1) is 5.71 Å². The predicted molar refractivity (Wildman–Crippen MR) is 51.3 cm³/mol. The summed E-state index contributed by atoms with van der Waals surface area (Å²) in [6.07, 6.45) is 0. The van der Waals surface area contributed by atoms with Crippen molar-refractivity contribution < 1.29 is 13.6 Å². The molecule has 80 valence electrons. The first kappa shape index (κ1) is 11.1. The number of primary amides is 1. The van der Waals surface area contributed by atoms with Gasteiger partial charge in [-0.15, -0.1) is 0 Å². The maximum absolute atomic E-state index is 12.8. The highest BCUT2D eigenvalue weighted by Crippen LogP contribution is 2.09. The molecule has 0 bridgehead atoms. The Morgan fingerprint density at radius 2 is 2.07 bits per heavy atom. The van der Waals surface area contributed by atoms with E-state index in [2.05, 4.69) is 5.10 Å². The van der Waals surface area contributed by atoms with E-state index < -0.39 is 17.7 Å². The maximum atomic E-state index is 12.8. The SMILES string of the molecule is CC(=NNC(N)=O)c1ccc(F)c(F)c1. The molecule has 0 saturated heterocycles. The molecule has 0 aliphatic carbocycles. The molecular weight excluding hydrogens is 204 g/mol. The summed E-state index contributed by atoms with van der Waals surface area (Å²) >= 11 is 0. The van der Waals surface area contributed by atoms with Gasteiger partial charge < -0.3 is 5.73 Å². The summed E-state index contributed by atoms with van der Waals surface area (Å²) in [5.74, 6) is -1.91. The van der Waals surface area contributed by atoms with Crippen molar-refractivity contribution in [2.75, 3.05) is 0 Å². The van der Waals surface area contributed by atoms with Crippen LogP contribution in [0.15, 0.2) is 23.3 Å². The fourth-order valence-electron chi connectivity index (χ4n) is 0.925. The Kier molecular flexibility index (Phi) is 3.33. The van der Waals surface area contributed by atoms with E-state index in [1.807, 2.05) is 5.43 Å². The van der Waals surface area contributed by atoms with Crippen molar-refractivity contribution in [1.82, 2.24) is 5.43 Å². The first-order valence-corrected chi connectivity index (χ1v) is 4.06. The number of hydrazone groups is 1. The van der Waals surface area contributed by atoms with Crippen LogP contribution >= 0.6 is 0 Å². The molecule has 0 spiro atoms. The summed E-state index contributed by atoms with van der Waals surface area (Å²) < 4.78 is 25.4. The molecule has 1 aromatic carbocycles. The zero-order chi connectivity index (χ0) is 11.4. The van der Waals surface area contributed by atoms with Crippen LogP contribution in [-0.2, 0) is 0 Å². The van der Waals surface area contributed by atoms with Gasteiger partial charge in [0.1, 0.15) is 0 Å². The van der Waals surface area contributed by atoms with E-state index in [-0.39, 0.29) is 0 Å². The summed E-state index contributed by atoms with van der Waals surface area (Å²) in [6.45, 7) is 1.53. The van der Waals surface area contributed by atoms with E-state index in [1.54, 1.807) is 0 Å². The van der Waals surface area contributed by atoms with Crippen molar-refractivity contribution in [2.24, 2.45) is 10.8 Å². The second-order valence-electron chi connectivity index (χ2n) is 2.80. The van der Waals surface area contributed by atoms with Gasteiger partial charge >= 0.3 is 6.03 Å². The summed E-state index contributed by atoms with van der Waals surface area (Å²) in [6, 6.07) is 2.49. The number of halogens is 2. The molecule has 2 amide bonds. The van der Waals surface area contributed by atoms with Crippen LogP contribution in [0.5, 0.6) is 0 Å². The second-order valence-corrected chi connectivity index (χ2v) is 2.80. The van der Waals surface area contributed by atoms with E-state index >= 15 is 0 Å². The van der Waals surface area contributed by atoms with Crippen molar-refractivity contribution in [3.05, 3.63) is 35.4 Å². The van der Waals surface area contributed by atoms with Crippen LogP contribution in [0.2, 0.25) is 0 Å². The fraction of sp³-hybridized carbons (Fsp3) is 0.111. The predicted octanol–water partition coefficient (Wildman–Crippen LogP) is 1.36. The van der Waals surface area contributed by atoms with Gasteiger partial charge in [-0.25, -0.2) is 19.0 Å². The van der Waals surface area contributed by atoms with Gasteiger partial charge in [0.25, 0.3) is 0 Å². The molecule has 0 heterocycles. The second kappa shape index (κ2) is 4.50. The lowest BCUT2D eigenvalue weighted by molar-refractivity contribution is 0.249. The molecule has 3 N–H and O–H groups in total. The van der Waals surface area contributed by atoms with Crippen molar-refractivity contribution in [1.29, 1.82) is 0 Å². The van der Waals surface area contributed by atoms with E-state index in [9.17, 15) is 13.6 Å². The molecule has 0 saturated carbocycles. The molecule has 1 rings (SSSR count). The Hall–Kier alpha value is -1.98. The molecule has 0 aliphatic heterocycles. The van der Waals surface area contributed by atoms with Gasteiger partial charge in [-0.3, -0.25) is 0 Å². The maximum Gasteiger partial charge on any atom is 0.332 e. The third kappa shape index (κ3) is 3.01. The minimum Gasteiger partial charge on any atom is -0.350 e. The highest BCUT2D eigenvalue weighted by Gasteiger charge is 2.04. The van der Waals surface area contributed by atoms with Gasteiger partial charge in [-0.2, -0.15) is 5.10 Å². The molecule has 0 atom stereocenters. The zero-order valence-corrected chi connectivity index (χ0v) is 7.92. The standard InChI is InChI=1S/C9H9F2N3O/c1-5(13-14-9(12)15)6-2-3-7(10)8(11)4-6/h2-4H,1H3,(H3,12,14,15). The van der Waals surface area contributed by atoms with Crippen LogP contribution < -0.4 is 11.2 Å². The Bertz CT molecular complexity index is 418. The highest BCUT2D eigenvalue weighted by molar-refractivity contribution is 5.99. The molecule has 4 nitrogen and oxygen atoms in total. The molecular formula is C9H9F2N3O. The van der Waals surface area contributed by atoms with Crippen LogP contribution in [0.25, 0.3) is 0 Å². The summed E-state index contributed by atoms with van der Waals surface area (Å²) in [5.41, 5.74) is 7.46. The molecule has 0 unspecified atom stereocenters. The topological polar surface area (TPSA) is 67.5 Å². The molecule has 6 heteroatoms. The number of nitrogens with one attached hydrogen (secondary N) is 1. The largest absolute Gasteiger partial charge is 0.350 e. The average molecular weight is 213 g/mol.